The summed E-state index contributed by atoms with van der Waals surface area (Å²) in [5.41, 5.74) is 0.855. The summed E-state index contributed by atoms with van der Waals surface area (Å²) in [6.45, 7) is 0.582. The van der Waals surface area contributed by atoms with Crippen LogP contribution in [0.5, 0.6) is 0 Å². The second-order valence-corrected chi connectivity index (χ2v) is 9.23. The fourth-order valence-electron chi connectivity index (χ4n) is 4.83. The molecule has 0 atom stereocenters. The molecule has 3 fully saturated rings. The van der Waals surface area contributed by atoms with Crippen molar-refractivity contribution in [3.63, 3.8) is 0 Å². The molecule has 0 aromatic rings. The van der Waals surface area contributed by atoms with Crippen molar-refractivity contribution in [2.75, 3.05) is 12.4 Å². The first-order valence-electron chi connectivity index (χ1n) is 10.4. The molecule has 1 aliphatic heterocycles. The lowest BCUT2D eigenvalue weighted by atomic mass is 9.71. The van der Waals surface area contributed by atoms with E-state index in [4.69, 9.17) is 4.74 Å². The summed E-state index contributed by atoms with van der Waals surface area (Å²) in [5, 5.41) is 0. The molecule has 0 unspecified atom stereocenters. The lowest BCUT2D eigenvalue weighted by Crippen LogP contribution is -2.25. The largest absolute Gasteiger partial charge is 0.491 e. The molecule has 0 aromatic heterocycles. The molecule has 1 saturated heterocycles. The van der Waals surface area contributed by atoms with Crippen LogP contribution in [0.15, 0.2) is 35.0 Å². The molecule has 26 heavy (non-hydrogen) atoms. The summed E-state index contributed by atoms with van der Waals surface area (Å²) in [6.07, 6.45) is 16.7. The number of halogens is 2. The Morgan fingerprint density at radius 2 is 1.69 bits per heavy atom. The van der Waals surface area contributed by atoms with Crippen molar-refractivity contribution in [1.29, 1.82) is 0 Å². The number of hydrogen-bond donors (Lipinski definition) is 0. The molecule has 0 bridgehead atoms. The molecule has 0 N–H and O–H groups in total. The van der Waals surface area contributed by atoms with Gasteiger partial charge in [0, 0.05) is 4.91 Å². The van der Waals surface area contributed by atoms with Crippen molar-refractivity contribution in [2.45, 2.75) is 70.6 Å². The molecule has 1 nitrogen and oxygen atoms in total. The smallest absolute Gasteiger partial charge is 0.147 e. The number of ether oxygens (including phenoxy) is 1. The lowest BCUT2D eigenvalue weighted by Gasteiger charge is -2.35. The van der Waals surface area contributed by atoms with Gasteiger partial charge in [0.2, 0.25) is 0 Å². The van der Waals surface area contributed by atoms with E-state index in [1.165, 1.54) is 69.5 Å². The Kier molecular flexibility index (Phi) is 8.09. The molecule has 0 spiro atoms. The fourth-order valence-corrected chi connectivity index (χ4v) is 5.75. The zero-order valence-electron chi connectivity index (χ0n) is 15.7. The van der Waals surface area contributed by atoms with E-state index in [2.05, 4.69) is 0 Å². The van der Waals surface area contributed by atoms with E-state index in [0.29, 0.717) is 30.1 Å². The van der Waals surface area contributed by atoms with E-state index < -0.39 is 0 Å². The Balaban J connectivity index is 1.44. The average Bonchev–Trinajstić information content (AvgIpc) is 2.72. The zero-order chi connectivity index (χ0) is 18.2. The third-order valence-electron chi connectivity index (χ3n) is 6.38. The highest BCUT2D eigenvalue weighted by atomic mass is 32.2. The first-order valence-corrected chi connectivity index (χ1v) is 11.4. The molecular weight excluding hydrogens is 350 g/mol. The molecule has 4 heteroatoms. The molecule has 0 amide bonds. The van der Waals surface area contributed by atoms with Gasteiger partial charge >= 0.3 is 0 Å². The van der Waals surface area contributed by atoms with E-state index >= 15 is 0 Å². The van der Waals surface area contributed by atoms with Gasteiger partial charge in [-0.3, -0.25) is 0 Å². The van der Waals surface area contributed by atoms with Crippen molar-refractivity contribution in [1.82, 2.24) is 0 Å². The van der Waals surface area contributed by atoms with Gasteiger partial charge in [0.05, 0.1) is 6.61 Å². The van der Waals surface area contributed by atoms with Crippen LogP contribution in [-0.4, -0.2) is 12.4 Å². The Bertz CT molecular complexity index is 526. The van der Waals surface area contributed by atoms with Gasteiger partial charge in [-0.25, -0.2) is 8.78 Å². The minimum absolute atomic E-state index is 0.247. The Morgan fingerprint density at radius 3 is 2.38 bits per heavy atom. The molecule has 0 radical (unpaired) electrons. The minimum atomic E-state index is 0.247. The highest BCUT2D eigenvalue weighted by molar-refractivity contribution is 8.03. The van der Waals surface area contributed by atoms with Gasteiger partial charge in [-0.2, -0.15) is 0 Å². The van der Waals surface area contributed by atoms with Crippen LogP contribution in [0.2, 0.25) is 0 Å². The van der Waals surface area contributed by atoms with E-state index in [1.807, 2.05) is 0 Å². The van der Waals surface area contributed by atoms with Crippen LogP contribution in [0.1, 0.15) is 70.6 Å². The molecule has 2 saturated carbocycles. The summed E-state index contributed by atoms with van der Waals surface area (Å²) >= 11 is 1.50. The van der Waals surface area contributed by atoms with Crippen LogP contribution in [0.3, 0.4) is 0 Å². The minimum Gasteiger partial charge on any atom is -0.491 e. The SMILES string of the molecule is F/C=C(/C=C1/CCCS/C1=C\F)OCC1CCC(C2CCCCC2)CC1. The van der Waals surface area contributed by atoms with E-state index in [-0.39, 0.29) is 5.76 Å². The third-order valence-corrected chi connectivity index (χ3v) is 7.54. The summed E-state index contributed by atoms with van der Waals surface area (Å²) in [5.74, 6) is 3.55. The molecule has 0 aromatic carbocycles. The lowest BCUT2D eigenvalue weighted by molar-refractivity contribution is 0.108. The molecule has 1 heterocycles. The normalized spacial score (nSPS) is 32.2. The van der Waals surface area contributed by atoms with Gasteiger partial charge in [-0.1, -0.05) is 32.1 Å². The third kappa shape index (κ3) is 5.61. The second kappa shape index (κ2) is 10.5. The summed E-state index contributed by atoms with van der Waals surface area (Å²) in [7, 11) is 0. The quantitative estimate of drug-likeness (QED) is 0.456. The summed E-state index contributed by atoms with van der Waals surface area (Å²) in [4.78, 5) is 0.618. The van der Waals surface area contributed by atoms with Gasteiger partial charge in [0.15, 0.2) is 0 Å². The van der Waals surface area contributed by atoms with Crippen LogP contribution in [-0.2, 0) is 4.74 Å². The molecule has 3 aliphatic rings. The van der Waals surface area contributed by atoms with Gasteiger partial charge in [0.25, 0.3) is 0 Å². The maximum Gasteiger partial charge on any atom is 0.147 e. The molecular formula is C22H32F2OS. The number of rotatable bonds is 5. The van der Waals surface area contributed by atoms with Crippen molar-refractivity contribution < 1.29 is 13.5 Å². The first kappa shape index (κ1) is 20.0. The topological polar surface area (TPSA) is 9.23 Å². The number of hydrogen-bond acceptors (Lipinski definition) is 2. The maximum atomic E-state index is 13.3. The number of allylic oxidation sites excluding steroid dienone is 2. The highest BCUT2D eigenvalue weighted by Crippen LogP contribution is 2.40. The summed E-state index contributed by atoms with van der Waals surface area (Å²) in [6, 6.07) is 0. The summed E-state index contributed by atoms with van der Waals surface area (Å²) < 4.78 is 32.0. The van der Waals surface area contributed by atoms with Crippen LogP contribution in [0.25, 0.3) is 0 Å². The van der Waals surface area contributed by atoms with Crippen molar-refractivity contribution in [3.05, 3.63) is 35.0 Å². The van der Waals surface area contributed by atoms with Crippen LogP contribution in [0, 0.1) is 17.8 Å². The predicted octanol–water partition coefficient (Wildman–Crippen LogP) is 7.46. The molecule has 146 valence electrons. The van der Waals surface area contributed by atoms with E-state index in [0.717, 1.165) is 36.0 Å². The second-order valence-electron chi connectivity index (χ2n) is 8.10. The maximum absolute atomic E-state index is 13.3. The van der Waals surface area contributed by atoms with Crippen molar-refractivity contribution in [2.24, 2.45) is 17.8 Å². The Hall–Kier alpha value is -0.770. The zero-order valence-corrected chi connectivity index (χ0v) is 16.5. The standard InChI is InChI=1S/C22H32F2OS/c23-14-21(13-20-7-4-12-26-22(20)15-24)25-16-17-8-10-19(11-9-17)18-5-2-1-3-6-18/h13-15,17-19H,1-12,16H2/b20-13-,21-14-,22-15-. The number of thioether (sulfide) groups is 1. The van der Waals surface area contributed by atoms with Crippen molar-refractivity contribution in [3.8, 4) is 0 Å². The first-order chi connectivity index (χ1) is 12.8. The molecule has 2 aliphatic carbocycles. The van der Waals surface area contributed by atoms with Gasteiger partial charge in [-0.05, 0) is 73.7 Å². The highest BCUT2D eigenvalue weighted by Gasteiger charge is 2.28. The Labute approximate surface area is 161 Å². The predicted molar refractivity (Wildman–Crippen MR) is 106 cm³/mol. The van der Waals surface area contributed by atoms with Crippen molar-refractivity contribution >= 4 is 11.8 Å². The molecule has 3 rings (SSSR count). The van der Waals surface area contributed by atoms with Gasteiger partial charge in [-0.15, -0.1) is 11.8 Å². The van der Waals surface area contributed by atoms with Crippen LogP contribution in [0.4, 0.5) is 8.78 Å². The Morgan fingerprint density at radius 1 is 0.962 bits per heavy atom. The van der Waals surface area contributed by atoms with Gasteiger partial charge < -0.3 is 4.74 Å². The van der Waals surface area contributed by atoms with E-state index in [1.54, 1.807) is 6.08 Å². The van der Waals surface area contributed by atoms with Crippen LogP contribution < -0.4 is 0 Å². The van der Waals surface area contributed by atoms with Gasteiger partial charge in [0.1, 0.15) is 18.4 Å². The van der Waals surface area contributed by atoms with Crippen LogP contribution >= 0.6 is 11.8 Å². The monoisotopic (exact) mass is 382 g/mol. The fraction of sp³-hybridized carbons (Fsp3) is 0.727. The van der Waals surface area contributed by atoms with E-state index in [9.17, 15) is 8.78 Å². The average molecular weight is 383 g/mol.